The number of rotatable bonds is 6. The second kappa shape index (κ2) is 6.57. The van der Waals surface area contributed by atoms with Crippen LogP contribution in [0.3, 0.4) is 0 Å². The predicted molar refractivity (Wildman–Crippen MR) is 79.6 cm³/mol. The molecule has 0 saturated heterocycles. The number of nitrogens with zero attached hydrogens (tertiary/aromatic N) is 1. The highest BCUT2D eigenvalue weighted by Gasteiger charge is 2.19. The Hall–Kier alpha value is -1.41. The summed E-state index contributed by atoms with van der Waals surface area (Å²) in [5, 5.41) is 9.52. The molecule has 0 bridgehead atoms. The van der Waals surface area contributed by atoms with E-state index >= 15 is 0 Å². The number of H-pyrrole nitrogens is 1. The molecule has 21 heavy (non-hydrogen) atoms. The lowest BCUT2D eigenvalue weighted by Crippen LogP contribution is -2.27. The van der Waals surface area contributed by atoms with Crippen LogP contribution in [-0.2, 0) is 23.1 Å². The van der Waals surface area contributed by atoms with Crippen molar-refractivity contribution in [2.45, 2.75) is 24.8 Å². The third kappa shape index (κ3) is 3.82. The Morgan fingerprint density at radius 3 is 2.81 bits per heavy atom. The van der Waals surface area contributed by atoms with Gasteiger partial charge in [-0.05, 0) is 30.2 Å². The van der Waals surface area contributed by atoms with Crippen LogP contribution < -0.4 is 4.72 Å². The van der Waals surface area contributed by atoms with E-state index in [0.717, 1.165) is 0 Å². The molecule has 8 heteroatoms. The quantitative estimate of drug-likeness (QED) is 0.746. The molecule has 0 fully saturated rings. The van der Waals surface area contributed by atoms with Gasteiger partial charge in [0.15, 0.2) is 0 Å². The number of imidazole rings is 1. The van der Waals surface area contributed by atoms with E-state index in [4.69, 9.17) is 11.6 Å². The molecule has 0 unspecified atom stereocenters. The smallest absolute Gasteiger partial charge is 0.240 e. The van der Waals surface area contributed by atoms with Gasteiger partial charge in [0.2, 0.25) is 10.0 Å². The largest absolute Gasteiger partial charge is 0.392 e. The predicted octanol–water partition coefficient (Wildman–Crippen LogP) is 1.38. The number of halogens is 1. The first-order valence-electron chi connectivity index (χ1n) is 6.32. The average Bonchev–Trinajstić information content (AvgIpc) is 2.93. The first-order chi connectivity index (χ1) is 9.94. The number of aromatic amines is 1. The standard InChI is InChI=1S/C13H16ClN3O3S/c1-9-10(8-18)6-11(14)7-12(9)21(19,20)17-3-2-13-15-4-5-16-13/h4-7,17-18H,2-3,8H2,1H3,(H,15,16). The molecule has 0 radical (unpaired) electrons. The van der Waals surface area contributed by atoms with Crippen molar-refractivity contribution in [1.29, 1.82) is 0 Å². The van der Waals surface area contributed by atoms with Gasteiger partial charge >= 0.3 is 0 Å². The maximum Gasteiger partial charge on any atom is 0.240 e. The van der Waals surface area contributed by atoms with Gasteiger partial charge in [-0.15, -0.1) is 0 Å². The SMILES string of the molecule is Cc1c(CO)cc(Cl)cc1S(=O)(=O)NCCc1ncc[nH]1. The number of sulfonamides is 1. The molecule has 1 heterocycles. The number of aliphatic hydroxyl groups excluding tert-OH is 1. The van der Waals surface area contributed by atoms with E-state index in [-0.39, 0.29) is 23.1 Å². The highest BCUT2D eigenvalue weighted by molar-refractivity contribution is 7.89. The Morgan fingerprint density at radius 1 is 1.43 bits per heavy atom. The van der Waals surface area contributed by atoms with Gasteiger partial charge in [-0.2, -0.15) is 0 Å². The summed E-state index contributed by atoms with van der Waals surface area (Å²) in [6.45, 7) is 1.60. The number of aliphatic hydroxyl groups is 1. The van der Waals surface area contributed by atoms with Crippen molar-refractivity contribution < 1.29 is 13.5 Å². The van der Waals surface area contributed by atoms with Crippen LogP contribution in [0.1, 0.15) is 17.0 Å². The van der Waals surface area contributed by atoms with Gasteiger partial charge in [-0.3, -0.25) is 0 Å². The molecule has 6 nitrogen and oxygen atoms in total. The molecule has 0 saturated carbocycles. The maximum absolute atomic E-state index is 12.3. The number of benzene rings is 1. The van der Waals surface area contributed by atoms with Gasteiger partial charge in [0, 0.05) is 30.4 Å². The molecule has 0 aliphatic heterocycles. The van der Waals surface area contributed by atoms with Crippen molar-refractivity contribution in [2.75, 3.05) is 6.54 Å². The van der Waals surface area contributed by atoms with E-state index < -0.39 is 10.0 Å². The van der Waals surface area contributed by atoms with Gasteiger partial charge in [-0.25, -0.2) is 18.1 Å². The lowest BCUT2D eigenvalue weighted by Gasteiger charge is -2.12. The zero-order valence-electron chi connectivity index (χ0n) is 11.4. The van der Waals surface area contributed by atoms with Crippen molar-refractivity contribution in [2.24, 2.45) is 0 Å². The second-order valence-corrected chi connectivity index (χ2v) is 6.70. The molecule has 0 atom stereocenters. The highest BCUT2D eigenvalue weighted by Crippen LogP contribution is 2.24. The Bertz CT molecular complexity index is 715. The Labute approximate surface area is 128 Å². The molecular formula is C13H16ClN3O3S. The lowest BCUT2D eigenvalue weighted by molar-refractivity contribution is 0.280. The third-order valence-corrected chi connectivity index (χ3v) is 4.91. The van der Waals surface area contributed by atoms with Gasteiger partial charge in [0.1, 0.15) is 5.82 Å². The van der Waals surface area contributed by atoms with Crippen molar-refractivity contribution in [3.8, 4) is 0 Å². The van der Waals surface area contributed by atoms with Crippen LogP contribution in [0, 0.1) is 6.92 Å². The van der Waals surface area contributed by atoms with Gasteiger partial charge in [-0.1, -0.05) is 11.6 Å². The number of hydrogen-bond donors (Lipinski definition) is 3. The average molecular weight is 330 g/mol. The minimum Gasteiger partial charge on any atom is -0.392 e. The summed E-state index contributed by atoms with van der Waals surface area (Å²) in [5.41, 5.74) is 0.987. The zero-order chi connectivity index (χ0) is 15.5. The van der Waals surface area contributed by atoms with Gasteiger partial charge in [0.25, 0.3) is 0 Å². The van der Waals surface area contributed by atoms with Crippen molar-refractivity contribution in [3.05, 3.63) is 46.5 Å². The van der Waals surface area contributed by atoms with Crippen LogP contribution in [0.2, 0.25) is 5.02 Å². The molecule has 0 amide bonds. The molecule has 114 valence electrons. The molecule has 1 aromatic carbocycles. The molecular weight excluding hydrogens is 314 g/mol. The summed E-state index contributed by atoms with van der Waals surface area (Å²) in [6.07, 6.45) is 3.75. The molecule has 2 aromatic rings. The summed E-state index contributed by atoms with van der Waals surface area (Å²) in [5.74, 6) is 0.705. The van der Waals surface area contributed by atoms with Crippen LogP contribution in [0.5, 0.6) is 0 Å². The lowest BCUT2D eigenvalue weighted by atomic mass is 10.1. The van der Waals surface area contributed by atoms with E-state index in [0.29, 0.717) is 23.4 Å². The summed E-state index contributed by atoms with van der Waals surface area (Å²) < 4.78 is 27.1. The fourth-order valence-electron chi connectivity index (χ4n) is 1.97. The molecule has 0 aliphatic rings. The number of aromatic nitrogens is 2. The van der Waals surface area contributed by atoms with Crippen LogP contribution in [-0.4, -0.2) is 30.0 Å². The van der Waals surface area contributed by atoms with Gasteiger partial charge in [0.05, 0.1) is 11.5 Å². The van der Waals surface area contributed by atoms with Crippen molar-refractivity contribution in [1.82, 2.24) is 14.7 Å². The van der Waals surface area contributed by atoms with Crippen LogP contribution in [0.4, 0.5) is 0 Å². The summed E-state index contributed by atoms with van der Waals surface area (Å²) in [6, 6.07) is 2.93. The molecule has 1 aromatic heterocycles. The Balaban J connectivity index is 2.17. The van der Waals surface area contributed by atoms with E-state index in [2.05, 4.69) is 14.7 Å². The number of nitrogens with one attached hydrogen (secondary N) is 2. The normalized spacial score (nSPS) is 11.8. The number of hydrogen-bond acceptors (Lipinski definition) is 4. The van der Waals surface area contributed by atoms with Crippen molar-refractivity contribution in [3.63, 3.8) is 0 Å². The highest BCUT2D eigenvalue weighted by atomic mass is 35.5. The molecule has 2 rings (SSSR count). The fraction of sp³-hybridized carbons (Fsp3) is 0.308. The topological polar surface area (TPSA) is 95.1 Å². The first kappa shape index (κ1) is 16.0. The first-order valence-corrected chi connectivity index (χ1v) is 8.18. The van der Waals surface area contributed by atoms with E-state index in [1.165, 1.54) is 6.07 Å². The fourth-order valence-corrected chi connectivity index (χ4v) is 3.62. The van der Waals surface area contributed by atoms with Crippen LogP contribution in [0.25, 0.3) is 0 Å². The monoisotopic (exact) mass is 329 g/mol. The minimum absolute atomic E-state index is 0.0819. The molecule has 3 N–H and O–H groups in total. The zero-order valence-corrected chi connectivity index (χ0v) is 13.0. The van der Waals surface area contributed by atoms with E-state index in [1.54, 1.807) is 25.4 Å². The van der Waals surface area contributed by atoms with Gasteiger partial charge < -0.3 is 10.1 Å². The van der Waals surface area contributed by atoms with E-state index in [9.17, 15) is 13.5 Å². The summed E-state index contributed by atoms with van der Waals surface area (Å²) in [7, 11) is -3.69. The minimum atomic E-state index is -3.69. The maximum atomic E-state index is 12.3. The third-order valence-electron chi connectivity index (χ3n) is 3.10. The Morgan fingerprint density at radius 2 is 2.19 bits per heavy atom. The van der Waals surface area contributed by atoms with Crippen molar-refractivity contribution >= 4 is 21.6 Å². The molecule has 0 aliphatic carbocycles. The second-order valence-electron chi connectivity index (χ2n) is 4.53. The molecule has 0 spiro atoms. The summed E-state index contributed by atoms with van der Waals surface area (Å²) >= 11 is 5.90. The van der Waals surface area contributed by atoms with Crippen LogP contribution >= 0.6 is 11.6 Å². The summed E-state index contributed by atoms with van der Waals surface area (Å²) in [4.78, 5) is 7.01. The van der Waals surface area contributed by atoms with Crippen LogP contribution in [0.15, 0.2) is 29.4 Å². The Kier molecular flexibility index (Phi) is 5.00. The van der Waals surface area contributed by atoms with E-state index in [1.807, 2.05) is 0 Å².